The Morgan fingerprint density at radius 2 is 1.67 bits per heavy atom. The van der Waals surface area contributed by atoms with Gasteiger partial charge in [-0.25, -0.2) is 4.79 Å². The van der Waals surface area contributed by atoms with Crippen LogP contribution in [0.3, 0.4) is 0 Å². The number of furan rings is 1. The first-order valence-corrected chi connectivity index (χ1v) is 9.61. The van der Waals surface area contributed by atoms with Gasteiger partial charge >= 0.3 is 6.03 Å². The maximum Gasteiger partial charge on any atom is 0.325 e. The molecular weight excluding hydrogens is 382 g/mol. The van der Waals surface area contributed by atoms with Crippen LogP contribution in [0.4, 0.5) is 4.79 Å². The van der Waals surface area contributed by atoms with Crippen molar-refractivity contribution < 1.29 is 18.8 Å². The highest BCUT2D eigenvalue weighted by atomic mass is 16.3. The van der Waals surface area contributed by atoms with Crippen molar-refractivity contribution in [3.05, 3.63) is 95.9 Å². The number of nitrogens with zero attached hydrogens (tertiary/aromatic N) is 1. The van der Waals surface area contributed by atoms with Crippen molar-refractivity contribution >= 4 is 17.8 Å². The molecule has 4 amide bonds. The zero-order valence-corrected chi connectivity index (χ0v) is 16.2. The van der Waals surface area contributed by atoms with E-state index in [9.17, 15) is 14.4 Å². The van der Waals surface area contributed by atoms with Gasteiger partial charge in [0.1, 0.15) is 12.3 Å². The quantitative estimate of drug-likeness (QED) is 0.593. The molecule has 2 N–H and O–H groups in total. The molecule has 0 aliphatic carbocycles. The molecule has 1 aliphatic heterocycles. The summed E-state index contributed by atoms with van der Waals surface area (Å²) < 4.78 is 5.18. The molecule has 4 rings (SSSR count). The fourth-order valence-corrected chi connectivity index (χ4v) is 3.61. The summed E-state index contributed by atoms with van der Waals surface area (Å²) >= 11 is 0. The second-order valence-corrected chi connectivity index (χ2v) is 7.11. The molecule has 3 aromatic rings. The Labute approximate surface area is 173 Å². The second kappa shape index (κ2) is 8.24. The number of hydrogen-bond acceptors (Lipinski definition) is 4. The number of urea groups is 1. The van der Waals surface area contributed by atoms with Crippen molar-refractivity contribution in [2.24, 2.45) is 0 Å². The minimum atomic E-state index is -1.26. The van der Waals surface area contributed by atoms with Crippen LogP contribution in [0.25, 0.3) is 0 Å². The van der Waals surface area contributed by atoms with Gasteiger partial charge < -0.3 is 15.1 Å². The molecule has 0 radical (unpaired) electrons. The summed E-state index contributed by atoms with van der Waals surface area (Å²) in [7, 11) is 0. The van der Waals surface area contributed by atoms with Crippen LogP contribution in [0, 0.1) is 0 Å². The van der Waals surface area contributed by atoms with Gasteiger partial charge in [0.2, 0.25) is 5.91 Å². The Kier molecular flexibility index (Phi) is 5.34. The molecule has 0 unspecified atom stereocenters. The van der Waals surface area contributed by atoms with Crippen molar-refractivity contribution in [2.45, 2.75) is 18.5 Å². The van der Waals surface area contributed by atoms with Crippen molar-refractivity contribution in [3.8, 4) is 0 Å². The van der Waals surface area contributed by atoms with Crippen LogP contribution >= 0.6 is 0 Å². The van der Waals surface area contributed by atoms with Gasteiger partial charge in [-0.2, -0.15) is 0 Å². The zero-order valence-electron chi connectivity index (χ0n) is 16.2. The summed E-state index contributed by atoms with van der Waals surface area (Å²) in [4.78, 5) is 39.5. The standard InChI is InChI=1S/C23H21N3O4/c27-20(24-15-19-12-7-13-30-19)16-26-21(28)23(25-22(26)29,18-10-5-2-6-11-18)14-17-8-3-1-4-9-17/h1-13H,14-16H2,(H,24,27)(H,25,29)/t23-/m1/s1. The van der Waals surface area contributed by atoms with Crippen molar-refractivity contribution in [3.63, 3.8) is 0 Å². The molecule has 1 aliphatic rings. The first-order valence-electron chi connectivity index (χ1n) is 9.61. The molecule has 0 saturated carbocycles. The first kappa shape index (κ1) is 19.4. The number of imide groups is 1. The number of rotatable bonds is 7. The number of nitrogens with one attached hydrogen (secondary N) is 2. The molecule has 7 heteroatoms. The minimum Gasteiger partial charge on any atom is -0.467 e. The van der Waals surface area contributed by atoms with Crippen molar-refractivity contribution in [1.29, 1.82) is 0 Å². The van der Waals surface area contributed by atoms with Crippen LogP contribution in [-0.2, 0) is 28.1 Å². The number of carbonyl (C=O) groups excluding carboxylic acids is 3. The zero-order chi connectivity index (χ0) is 21.0. The maximum absolute atomic E-state index is 13.5. The normalized spacial score (nSPS) is 18.3. The average Bonchev–Trinajstić information content (AvgIpc) is 3.37. The number of hydrogen-bond donors (Lipinski definition) is 2. The average molecular weight is 403 g/mol. The monoisotopic (exact) mass is 403 g/mol. The fourth-order valence-electron chi connectivity index (χ4n) is 3.61. The molecule has 30 heavy (non-hydrogen) atoms. The van der Waals surface area contributed by atoms with Crippen LogP contribution < -0.4 is 10.6 Å². The van der Waals surface area contributed by atoms with E-state index in [-0.39, 0.29) is 19.5 Å². The largest absolute Gasteiger partial charge is 0.467 e. The Balaban J connectivity index is 1.56. The Hall–Kier alpha value is -3.87. The van der Waals surface area contributed by atoms with Gasteiger partial charge in [-0.05, 0) is 23.3 Å². The van der Waals surface area contributed by atoms with Gasteiger partial charge in [-0.1, -0.05) is 60.7 Å². The van der Waals surface area contributed by atoms with Gasteiger partial charge in [0.05, 0.1) is 12.8 Å². The first-order chi connectivity index (χ1) is 14.6. The molecule has 152 valence electrons. The summed E-state index contributed by atoms with van der Waals surface area (Å²) in [5.41, 5.74) is 0.311. The van der Waals surface area contributed by atoms with Gasteiger partial charge in [0.15, 0.2) is 5.54 Å². The van der Waals surface area contributed by atoms with E-state index in [4.69, 9.17) is 4.42 Å². The van der Waals surface area contributed by atoms with Gasteiger partial charge in [0.25, 0.3) is 5.91 Å². The molecule has 1 fully saturated rings. The Bertz CT molecular complexity index is 1030. The summed E-state index contributed by atoms with van der Waals surface area (Å²) in [6.45, 7) is -0.182. The van der Waals surface area contributed by atoms with E-state index in [0.717, 1.165) is 10.5 Å². The summed E-state index contributed by atoms with van der Waals surface area (Å²) in [6.07, 6.45) is 1.80. The predicted molar refractivity (Wildman–Crippen MR) is 109 cm³/mol. The van der Waals surface area contributed by atoms with Gasteiger partial charge in [-0.15, -0.1) is 0 Å². The van der Waals surface area contributed by atoms with E-state index in [1.165, 1.54) is 6.26 Å². The van der Waals surface area contributed by atoms with Crippen LogP contribution in [0.2, 0.25) is 0 Å². The highest BCUT2D eigenvalue weighted by Crippen LogP contribution is 2.32. The number of benzene rings is 2. The molecular formula is C23H21N3O4. The van der Waals surface area contributed by atoms with Crippen LogP contribution in [0.15, 0.2) is 83.5 Å². The van der Waals surface area contributed by atoms with Crippen molar-refractivity contribution in [1.82, 2.24) is 15.5 Å². The highest BCUT2D eigenvalue weighted by molar-refractivity contribution is 6.09. The van der Waals surface area contributed by atoms with Crippen LogP contribution in [0.5, 0.6) is 0 Å². The predicted octanol–water partition coefficient (Wildman–Crippen LogP) is 2.59. The minimum absolute atomic E-state index is 0.184. The lowest BCUT2D eigenvalue weighted by Gasteiger charge is -2.27. The smallest absolute Gasteiger partial charge is 0.325 e. The molecule has 7 nitrogen and oxygen atoms in total. The van der Waals surface area contributed by atoms with E-state index in [0.29, 0.717) is 11.3 Å². The van der Waals surface area contributed by atoms with Gasteiger partial charge in [-0.3, -0.25) is 14.5 Å². The van der Waals surface area contributed by atoms with Crippen LogP contribution in [-0.4, -0.2) is 29.3 Å². The molecule has 1 saturated heterocycles. The third-order valence-electron chi connectivity index (χ3n) is 5.10. The molecule has 1 aromatic heterocycles. The molecule has 2 aromatic carbocycles. The maximum atomic E-state index is 13.5. The van der Waals surface area contributed by atoms with Crippen molar-refractivity contribution in [2.75, 3.05) is 6.54 Å². The van der Waals surface area contributed by atoms with E-state index in [1.807, 2.05) is 60.7 Å². The lowest BCUT2D eigenvalue weighted by atomic mass is 9.83. The lowest BCUT2D eigenvalue weighted by Crippen LogP contribution is -2.46. The molecule has 0 bridgehead atoms. The third-order valence-corrected chi connectivity index (χ3v) is 5.10. The SMILES string of the molecule is O=C(CN1C(=O)N[C@](Cc2ccccc2)(c2ccccc2)C1=O)NCc1ccco1. The van der Waals surface area contributed by atoms with E-state index < -0.39 is 23.4 Å². The number of carbonyl (C=O) groups is 3. The Morgan fingerprint density at radius 3 is 2.33 bits per heavy atom. The van der Waals surface area contributed by atoms with E-state index in [1.54, 1.807) is 12.1 Å². The summed E-state index contributed by atoms with van der Waals surface area (Å²) in [5, 5.41) is 5.51. The summed E-state index contributed by atoms with van der Waals surface area (Å²) in [6, 6.07) is 21.4. The van der Waals surface area contributed by atoms with E-state index >= 15 is 0 Å². The molecule has 0 spiro atoms. The summed E-state index contributed by atoms with van der Waals surface area (Å²) in [5.74, 6) is -0.308. The van der Waals surface area contributed by atoms with Crippen LogP contribution in [0.1, 0.15) is 16.9 Å². The molecule has 2 heterocycles. The number of amides is 4. The fraction of sp³-hybridized carbons (Fsp3) is 0.174. The second-order valence-electron chi connectivity index (χ2n) is 7.11. The highest BCUT2D eigenvalue weighted by Gasteiger charge is 2.52. The third kappa shape index (κ3) is 3.82. The molecule has 1 atom stereocenters. The Morgan fingerprint density at radius 1 is 0.967 bits per heavy atom. The topological polar surface area (TPSA) is 91.7 Å². The van der Waals surface area contributed by atoms with E-state index in [2.05, 4.69) is 10.6 Å². The lowest BCUT2D eigenvalue weighted by molar-refractivity contribution is -0.135. The van der Waals surface area contributed by atoms with Gasteiger partial charge in [0, 0.05) is 6.42 Å².